The highest BCUT2D eigenvalue weighted by molar-refractivity contribution is 5.82. The van der Waals surface area contributed by atoms with Crippen LogP contribution in [-0.4, -0.2) is 25.0 Å². The smallest absolute Gasteiger partial charge is 0.226 e. The van der Waals surface area contributed by atoms with Crippen molar-refractivity contribution in [2.24, 2.45) is 17.3 Å². The van der Waals surface area contributed by atoms with Crippen molar-refractivity contribution >= 4 is 5.91 Å². The van der Waals surface area contributed by atoms with Crippen molar-refractivity contribution in [1.82, 2.24) is 10.6 Å². The quantitative estimate of drug-likeness (QED) is 0.809. The van der Waals surface area contributed by atoms with Gasteiger partial charge in [0.05, 0.1) is 0 Å². The van der Waals surface area contributed by atoms with Gasteiger partial charge >= 0.3 is 0 Å². The molecular formula is C15H28N2O. The van der Waals surface area contributed by atoms with Gasteiger partial charge in [0.25, 0.3) is 0 Å². The summed E-state index contributed by atoms with van der Waals surface area (Å²) >= 11 is 0. The molecule has 18 heavy (non-hydrogen) atoms. The van der Waals surface area contributed by atoms with E-state index in [-0.39, 0.29) is 11.3 Å². The first kappa shape index (κ1) is 13.9. The zero-order chi connectivity index (χ0) is 13.2. The summed E-state index contributed by atoms with van der Waals surface area (Å²) in [5.41, 5.74) is -0.240. The van der Waals surface area contributed by atoms with E-state index >= 15 is 0 Å². The van der Waals surface area contributed by atoms with Crippen molar-refractivity contribution in [1.29, 1.82) is 0 Å². The number of hydrogen-bond donors (Lipinski definition) is 2. The molecule has 0 aromatic carbocycles. The molecule has 0 aromatic rings. The number of amides is 1. The first-order chi connectivity index (χ1) is 8.51. The second-order valence-corrected chi connectivity index (χ2v) is 6.75. The van der Waals surface area contributed by atoms with Crippen molar-refractivity contribution in [3.63, 3.8) is 0 Å². The molecule has 1 heterocycles. The number of nitrogens with one attached hydrogen (secondary N) is 2. The predicted molar refractivity (Wildman–Crippen MR) is 74.3 cm³/mol. The minimum absolute atomic E-state index is 0.240. The van der Waals surface area contributed by atoms with E-state index in [1.165, 1.54) is 25.7 Å². The van der Waals surface area contributed by atoms with Crippen LogP contribution in [0, 0.1) is 17.3 Å². The van der Waals surface area contributed by atoms with Gasteiger partial charge in [0, 0.05) is 11.5 Å². The number of hydrogen-bond acceptors (Lipinski definition) is 2. The van der Waals surface area contributed by atoms with Gasteiger partial charge in [0.1, 0.15) is 0 Å². The summed E-state index contributed by atoms with van der Waals surface area (Å²) < 4.78 is 0. The van der Waals surface area contributed by atoms with Gasteiger partial charge in [-0.1, -0.05) is 27.2 Å². The van der Waals surface area contributed by atoms with Crippen LogP contribution in [0.15, 0.2) is 0 Å². The van der Waals surface area contributed by atoms with Gasteiger partial charge in [0.15, 0.2) is 0 Å². The third-order valence-electron chi connectivity index (χ3n) is 5.08. The van der Waals surface area contributed by atoms with Crippen molar-refractivity contribution in [3.05, 3.63) is 0 Å². The molecule has 0 aromatic heterocycles. The Morgan fingerprint density at radius 2 is 2.00 bits per heavy atom. The van der Waals surface area contributed by atoms with Gasteiger partial charge in [0.2, 0.25) is 5.91 Å². The maximum absolute atomic E-state index is 12.5. The lowest BCUT2D eigenvalue weighted by molar-refractivity contribution is -0.133. The van der Waals surface area contributed by atoms with Crippen molar-refractivity contribution < 1.29 is 4.79 Å². The van der Waals surface area contributed by atoms with E-state index in [0.29, 0.717) is 17.9 Å². The van der Waals surface area contributed by atoms with E-state index in [0.717, 1.165) is 19.5 Å². The van der Waals surface area contributed by atoms with Crippen LogP contribution >= 0.6 is 0 Å². The fraction of sp³-hybridized carbons (Fsp3) is 0.933. The van der Waals surface area contributed by atoms with E-state index < -0.39 is 0 Å². The predicted octanol–water partition coefficient (Wildman–Crippen LogP) is 2.32. The van der Waals surface area contributed by atoms with Crippen LogP contribution in [0.5, 0.6) is 0 Å². The van der Waals surface area contributed by atoms with Gasteiger partial charge in [-0.25, -0.2) is 0 Å². The summed E-state index contributed by atoms with van der Waals surface area (Å²) in [6, 6.07) is 0.410. The fourth-order valence-electron chi connectivity index (χ4n) is 3.37. The first-order valence-corrected chi connectivity index (χ1v) is 7.53. The molecule has 2 fully saturated rings. The fourth-order valence-corrected chi connectivity index (χ4v) is 3.37. The molecule has 0 spiro atoms. The largest absolute Gasteiger partial charge is 0.353 e. The van der Waals surface area contributed by atoms with E-state index in [2.05, 4.69) is 31.4 Å². The molecule has 3 heteroatoms. The summed E-state index contributed by atoms with van der Waals surface area (Å²) in [5.74, 6) is 1.38. The molecule has 0 radical (unpaired) electrons. The summed E-state index contributed by atoms with van der Waals surface area (Å²) in [6.45, 7) is 8.57. The van der Waals surface area contributed by atoms with Crippen LogP contribution in [0.1, 0.15) is 52.9 Å². The van der Waals surface area contributed by atoms with Crippen molar-refractivity contribution in [3.8, 4) is 0 Å². The second-order valence-electron chi connectivity index (χ2n) is 6.75. The topological polar surface area (TPSA) is 41.1 Å². The standard InChI is InChI=1S/C15H28N2O/c1-11-6-4-8-13(11)17-14(18)15(2,3)12-7-5-9-16-10-12/h11-13,16H,4-10H2,1-3H3,(H,17,18). The SMILES string of the molecule is CC1CCCC1NC(=O)C(C)(C)C1CCCNC1. The molecule has 1 saturated heterocycles. The average Bonchev–Trinajstić information content (AvgIpc) is 2.76. The highest BCUT2D eigenvalue weighted by atomic mass is 16.2. The first-order valence-electron chi connectivity index (χ1n) is 7.53. The Morgan fingerprint density at radius 1 is 1.22 bits per heavy atom. The highest BCUT2D eigenvalue weighted by Gasteiger charge is 2.39. The van der Waals surface area contributed by atoms with Gasteiger partial charge < -0.3 is 10.6 Å². The lowest BCUT2D eigenvalue weighted by atomic mass is 9.74. The molecule has 3 unspecified atom stereocenters. The third kappa shape index (κ3) is 2.87. The average molecular weight is 252 g/mol. The lowest BCUT2D eigenvalue weighted by Gasteiger charge is -2.37. The van der Waals surface area contributed by atoms with Crippen molar-refractivity contribution in [2.75, 3.05) is 13.1 Å². The van der Waals surface area contributed by atoms with Gasteiger partial charge in [-0.05, 0) is 50.6 Å². The van der Waals surface area contributed by atoms with E-state index in [4.69, 9.17) is 0 Å². The van der Waals surface area contributed by atoms with Crippen LogP contribution in [0.25, 0.3) is 0 Å². The lowest BCUT2D eigenvalue weighted by Crippen LogP contribution is -2.50. The van der Waals surface area contributed by atoms with Crippen LogP contribution in [-0.2, 0) is 4.79 Å². The molecule has 3 nitrogen and oxygen atoms in total. The maximum atomic E-state index is 12.5. The van der Waals surface area contributed by atoms with E-state index in [1.807, 2.05) is 0 Å². The number of piperidine rings is 1. The Morgan fingerprint density at radius 3 is 2.56 bits per heavy atom. The second kappa shape index (κ2) is 5.60. The van der Waals surface area contributed by atoms with Crippen LogP contribution in [0.4, 0.5) is 0 Å². The Labute approximate surface area is 111 Å². The summed E-state index contributed by atoms with van der Waals surface area (Å²) in [4.78, 5) is 12.5. The van der Waals surface area contributed by atoms with E-state index in [1.54, 1.807) is 0 Å². The molecule has 1 saturated carbocycles. The molecular weight excluding hydrogens is 224 g/mol. The molecule has 2 rings (SSSR count). The number of rotatable bonds is 3. The van der Waals surface area contributed by atoms with Crippen molar-refractivity contribution in [2.45, 2.75) is 58.9 Å². The summed E-state index contributed by atoms with van der Waals surface area (Å²) in [5, 5.41) is 6.72. The Hall–Kier alpha value is -0.570. The summed E-state index contributed by atoms with van der Waals surface area (Å²) in [7, 11) is 0. The monoisotopic (exact) mass is 252 g/mol. The Kier molecular flexibility index (Phi) is 4.31. The summed E-state index contributed by atoms with van der Waals surface area (Å²) in [6.07, 6.45) is 6.05. The van der Waals surface area contributed by atoms with Gasteiger partial charge in [-0.3, -0.25) is 4.79 Å². The maximum Gasteiger partial charge on any atom is 0.226 e. The van der Waals surface area contributed by atoms with Crippen LogP contribution in [0.3, 0.4) is 0 Å². The molecule has 2 N–H and O–H groups in total. The molecule has 1 aliphatic carbocycles. The minimum Gasteiger partial charge on any atom is -0.353 e. The molecule has 2 aliphatic rings. The van der Waals surface area contributed by atoms with Crippen LogP contribution in [0.2, 0.25) is 0 Å². The number of carbonyl (C=O) groups is 1. The molecule has 3 atom stereocenters. The third-order valence-corrected chi connectivity index (χ3v) is 5.08. The zero-order valence-corrected chi connectivity index (χ0v) is 12.1. The molecule has 1 aliphatic heterocycles. The molecule has 0 bridgehead atoms. The normalized spacial score (nSPS) is 33.4. The highest BCUT2D eigenvalue weighted by Crippen LogP contribution is 2.33. The Balaban J connectivity index is 1.93. The zero-order valence-electron chi connectivity index (χ0n) is 12.1. The minimum atomic E-state index is -0.240. The van der Waals surface area contributed by atoms with Crippen LogP contribution < -0.4 is 10.6 Å². The van der Waals surface area contributed by atoms with Gasteiger partial charge in [-0.15, -0.1) is 0 Å². The molecule has 104 valence electrons. The number of carbonyl (C=O) groups excluding carboxylic acids is 1. The Bertz CT molecular complexity index is 295. The molecule has 1 amide bonds. The van der Waals surface area contributed by atoms with Gasteiger partial charge in [-0.2, -0.15) is 0 Å². The van der Waals surface area contributed by atoms with E-state index in [9.17, 15) is 4.79 Å².